The predicted octanol–water partition coefficient (Wildman–Crippen LogP) is 5.47. The number of rotatable bonds is 7. The van der Waals surface area contributed by atoms with Gasteiger partial charge >= 0.3 is 0 Å². The zero-order chi connectivity index (χ0) is 32.9. The summed E-state index contributed by atoms with van der Waals surface area (Å²) in [6.45, 7) is 3.44. The summed E-state index contributed by atoms with van der Waals surface area (Å²) in [4.78, 5) is 26.2. The van der Waals surface area contributed by atoms with Gasteiger partial charge in [-0.15, -0.1) is 0 Å². The number of ether oxygens (including phenoxy) is 3. The number of benzene rings is 2. The second-order valence-electron chi connectivity index (χ2n) is 15.0. The molecule has 9 heteroatoms. The minimum Gasteiger partial charge on any atom is -0.486 e. The van der Waals surface area contributed by atoms with E-state index in [1.165, 1.54) is 0 Å². The van der Waals surface area contributed by atoms with E-state index in [0.29, 0.717) is 12.1 Å². The van der Waals surface area contributed by atoms with E-state index in [4.69, 9.17) is 19.9 Å². The van der Waals surface area contributed by atoms with Crippen molar-refractivity contribution in [1.82, 2.24) is 0 Å². The van der Waals surface area contributed by atoms with Crippen molar-refractivity contribution in [2.45, 2.75) is 89.0 Å². The fourth-order valence-electron chi connectivity index (χ4n) is 10.3. The van der Waals surface area contributed by atoms with Crippen molar-refractivity contribution in [3.8, 4) is 5.75 Å². The molecule has 1 heterocycles. The fourth-order valence-corrected chi connectivity index (χ4v) is 10.3. The largest absolute Gasteiger partial charge is 0.486 e. The van der Waals surface area contributed by atoms with E-state index < -0.39 is 53.1 Å². The molecule has 2 aromatic carbocycles. The molecular formula is C38H42FNO7. The SMILES string of the molecule is C[C@]12C=CC(=O)C=C1CC[C@@H]1[C@@H]2[C@@H](O)C[C@@]2(C)[C@H]1C[C@H]1O[C@H](c3c(C4CC4)ccc(OCc4cccc(N)c4)c3F)O[C@]12C(=O)CO. The smallest absolute Gasteiger partial charge is 0.193 e. The third kappa shape index (κ3) is 4.46. The van der Waals surface area contributed by atoms with Crippen LogP contribution in [0.5, 0.6) is 5.75 Å². The molecule has 0 unspecified atom stereocenters. The molecule has 0 bridgehead atoms. The number of fused-ring (bicyclic) bond motifs is 7. The lowest BCUT2D eigenvalue weighted by atomic mass is 9.46. The first kappa shape index (κ1) is 30.9. The van der Waals surface area contributed by atoms with Crippen LogP contribution in [0.2, 0.25) is 0 Å². The highest BCUT2D eigenvalue weighted by Gasteiger charge is 2.76. The van der Waals surface area contributed by atoms with Crippen molar-refractivity contribution in [3.05, 3.63) is 82.7 Å². The van der Waals surface area contributed by atoms with Crippen LogP contribution in [0.3, 0.4) is 0 Å². The number of nitrogens with two attached hydrogens (primary N) is 1. The molecular weight excluding hydrogens is 601 g/mol. The van der Waals surface area contributed by atoms with Crippen LogP contribution in [0, 0.1) is 34.4 Å². The van der Waals surface area contributed by atoms with E-state index in [1.54, 1.807) is 30.4 Å². The number of carbonyl (C=O) groups is 2. The van der Waals surface area contributed by atoms with Gasteiger partial charge in [-0.2, -0.15) is 0 Å². The molecule has 2 aromatic rings. The number of ketones is 2. The predicted molar refractivity (Wildman–Crippen MR) is 170 cm³/mol. The Kier molecular flexibility index (Phi) is 7.12. The Balaban J connectivity index is 1.14. The standard InChI is InChI=1S/C38H42FNO7/c1-36-13-12-24(42)15-22(36)8-9-26-27-16-31-38(30(44)18-41,37(27,2)17-28(43)33(26)36)47-35(46-31)32-25(21-6-7-21)10-11-29(34(32)39)45-19-20-4-3-5-23(40)14-20/h3-5,10-15,21,26-28,31,33,35,41,43H,6-9,16-19,40H2,1-2H3/t26-,27-,28-,31+,33+,35-,36-,37-,38+/m0/s1. The molecule has 0 amide bonds. The van der Waals surface area contributed by atoms with Gasteiger partial charge in [-0.25, -0.2) is 4.39 Å². The van der Waals surface area contributed by atoms with Crippen LogP contribution in [-0.4, -0.2) is 46.2 Å². The molecule has 1 aliphatic heterocycles. The first-order valence-corrected chi connectivity index (χ1v) is 16.9. The number of Topliss-reactive ketones (excluding diaryl/α,β-unsaturated/α-hetero) is 1. The highest BCUT2D eigenvalue weighted by atomic mass is 19.1. The highest BCUT2D eigenvalue weighted by Crippen LogP contribution is 2.70. The lowest BCUT2D eigenvalue weighted by molar-refractivity contribution is -0.201. The van der Waals surface area contributed by atoms with Crippen molar-refractivity contribution < 1.29 is 38.4 Å². The summed E-state index contributed by atoms with van der Waals surface area (Å²) in [5, 5.41) is 22.3. The molecule has 5 aliphatic carbocycles. The van der Waals surface area contributed by atoms with Gasteiger partial charge in [0.2, 0.25) is 0 Å². The Bertz CT molecular complexity index is 1720. The maximum Gasteiger partial charge on any atom is 0.193 e. The number of allylic oxidation sites excluding steroid dienone is 4. The van der Waals surface area contributed by atoms with Gasteiger partial charge in [0.25, 0.3) is 0 Å². The van der Waals surface area contributed by atoms with Crippen LogP contribution >= 0.6 is 0 Å². The summed E-state index contributed by atoms with van der Waals surface area (Å²) >= 11 is 0. The molecule has 1 saturated heterocycles. The summed E-state index contributed by atoms with van der Waals surface area (Å²) in [6, 6.07) is 10.7. The molecule has 6 aliphatic rings. The maximum atomic E-state index is 16.6. The average molecular weight is 644 g/mol. The molecule has 8 rings (SSSR count). The van der Waals surface area contributed by atoms with Gasteiger partial charge in [0.1, 0.15) is 13.2 Å². The van der Waals surface area contributed by atoms with Crippen LogP contribution < -0.4 is 10.5 Å². The number of hydrogen-bond donors (Lipinski definition) is 3. The number of anilines is 1. The molecule has 0 radical (unpaired) electrons. The highest BCUT2D eigenvalue weighted by molar-refractivity contribution is 6.01. The van der Waals surface area contributed by atoms with Gasteiger partial charge in [0, 0.05) is 22.4 Å². The van der Waals surface area contributed by atoms with Crippen LogP contribution in [0.25, 0.3) is 0 Å². The molecule has 8 nitrogen and oxygen atoms in total. The summed E-state index contributed by atoms with van der Waals surface area (Å²) in [5.41, 5.74) is 6.45. The molecule has 5 fully saturated rings. The summed E-state index contributed by atoms with van der Waals surface area (Å²) in [6.07, 6.45) is 6.61. The Morgan fingerprint density at radius 1 is 1.17 bits per heavy atom. The van der Waals surface area contributed by atoms with E-state index >= 15 is 4.39 Å². The fraction of sp³-hybridized carbons (Fsp3) is 0.526. The van der Waals surface area contributed by atoms with Gasteiger partial charge in [-0.05, 0) is 97.8 Å². The van der Waals surface area contributed by atoms with E-state index in [9.17, 15) is 19.8 Å². The van der Waals surface area contributed by atoms with Crippen LogP contribution in [-0.2, 0) is 25.7 Å². The first-order valence-electron chi connectivity index (χ1n) is 16.9. The van der Waals surface area contributed by atoms with E-state index in [1.807, 2.05) is 31.2 Å². The van der Waals surface area contributed by atoms with Gasteiger partial charge in [-0.1, -0.05) is 43.7 Å². The Morgan fingerprint density at radius 3 is 2.72 bits per heavy atom. The van der Waals surface area contributed by atoms with Crippen molar-refractivity contribution in [2.75, 3.05) is 12.3 Å². The number of aliphatic hydroxyl groups excluding tert-OH is 2. The van der Waals surface area contributed by atoms with Crippen molar-refractivity contribution in [3.63, 3.8) is 0 Å². The van der Waals surface area contributed by atoms with Gasteiger partial charge in [-0.3, -0.25) is 9.59 Å². The molecule has 4 saturated carbocycles. The van der Waals surface area contributed by atoms with E-state index in [2.05, 4.69) is 6.92 Å². The average Bonchev–Trinajstić information content (AvgIpc) is 3.77. The van der Waals surface area contributed by atoms with Crippen LogP contribution in [0.4, 0.5) is 10.1 Å². The third-order valence-corrected chi connectivity index (χ3v) is 12.6. The molecule has 47 heavy (non-hydrogen) atoms. The molecule has 4 N–H and O–H groups in total. The number of carbonyl (C=O) groups excluding carboxylic acids is 2. The minimum atomic E-state index is -1.57. The molecule has 248 valence electrons. The topological polar surface area (TPSA) is 128 Å². The third-order valence-electron chi connectivity index (χ3n) is 12.6. The van der Waals surface area contributed by atoms with E-state index in [0.717, 1.165) is 42.4 Å². The van der Waals surface area contributed by atoms with E-state index in [-0.39, 0.29) is 53.8 Å². The maximum absolute atomic E-state index is 16.6. The summed E-state index contributed by atoms with van der Waals surface area (Å²) < 4.78 is 35.9. The number of nitrogen functional groups attached to an aromatic ring is 1. The van der Waals surface area contributed by atoms with Gasteiger partial charge in [0.05, 0.1) is 17.8 Å². The summed E-state index contributed by atoms with van der Waals surface area (Å²) in [7, 11) is 0. The van der Waals surface area contributed by atoms with Crippen LogP contribution in [0.15, 0.2) is 60.2 Å². The lowest BCUT2D eigenvalue weighted by Crippen LogP contribution is -2.63. The van der Waals surface area contributed by atoms with Crippen molar-refractivity contribution in [1.29, 1.82) is 0 Å². The number of halogens is 1. The number of hydrogen-bond acceptors (Lipinski definition) is 8. The van der Waals surface area contributed by atoms with Crippen molar-refractivity contribution in [2.24, 2.45) is 28.6 Å². The normalized spacial score (nSPS) is 38.7. The number of aliphatic hydroxyl groups is 2. The Morgan fingerprint density at radius 2 is 1.98 bits per heavy atom. The second kappa shape index (κ2) is 10.8. The zero-order valence-corrected chi connectivity index (χ0v) is 26.8. The zero-order valence-electron chi connectivity index (χ0n) is 26.8. The van der Waals surface area contributed by atoms with Crippen LogP contribution in [0.1, 0.15) is 81.3 Å². The molecule has 9 atom stereocenters. The molecule has 0 aromatic heterocycles. The van der Waals surface area contributed by atoms with Crippen molar-refractivity contribution >= 4 is 17.3 Å². The monoisotopic (exact) mass is 643 g/mol. The lowest BCUT2D eigenvalue weighted by Gasteiger charge is -2.59. The minimum absolute atomic E-state index is 0.0289. The quantitative estimate of drug-likeness (QED) is 0.339. The summed E-state index contributed by atoms with van der Waals surface area (Å²) in [5.74, 6) is -1.08. The van der Waals surface area contributed by atoms with Gasteiger partial charge in [0.15, 0.2) is 35.0 Å². The van der Waals surface area contributed by atoms with Gasteiger partial charge < -0.3 is 30.2 Å². The Hall–Kier alpha value is -3.37. The molecule has 0 spiro atoms. The first-order chi connectivity index (χ1) is 22.5. The second-order valence-corrected chi connectivity index (χ2v) is 15.0. The Labute approximate surface area is 273 Å².